The molecule has 0 saturated heterocycles. The van der Waals surface area contributed by atoms with Crippen LogP contribution in [-0.4, -0.2) is 29.9 Å². The molecule has 10 rings (SSSR count). The molecule has 0 fully saturated rings. The molecule has 0 aliphatic carbocycles. The number of nitriles is 1. The molecule has 10 aromatic rings. The third-order valence-electron chi connectivity index (χ3n) is 10.5. The van der Waals surface area contributed by atoms with Crippen molar-refractivity contribution < 1.29 is 0 Å². The molecule has 2 heterocycles. The maximum absolute atomic E-state index is 9.70. The van der Waals surface area contributed by atoms with E-state index in [0.717, 1.165) is 66.4 Å². The third-order valence-corrected chi connectivity index (χ3v) is 10.5. The molecule has 8 aromatic carbocycles. The summed E-state index contributed by atoms with van der Waals surface area (Å²) in [6.45, 7) is 0. The number of hydrogen-bond acceptors (Lipinski definition) is 7. The second-order valence-electron chi connectivity index (χ2n) is 14.2. The molecule has 2 aromatic heterocycles. The van der Waals surface area contributed by atoms with Crippen LogP contribution >= 0.6 is 0 Å². The molecule has 0 spiro atoms. The van der Waals surface area contributed by atoms with Crippen LogP contribution in [-0.2, 0) is 0 Å². The maximum atomic E-state index is 9.70. The van der Waals surface area contributed by atoms with E-state index in [2.05, 4.69) is 60.7 Å². The molecule has 280 valence electrons. The summed E-state index contributed by atoms with van der Waals surface area (Å²) >= 11 is 0. The number of rotatable bonds is 8. The topological polar surface area (TPSA) is 101 Å². The molecule has 0 unspecified atom stereocenters. The van der Waals surface area contributed by atoms with Crippen LogP contribution in [0.3, 0.4) is 0 Å². The Balaban J connectivity index is 1.18. The van der Waals surface area contributed by atoms with E-state index < -0.39 is 0 Å². The van der Waals surface area contributed by atoms with Crippen LogP contribution in [0.4, 0.5) is 0 Å². The van der Waals surface area contributed by atoms with Crippen molar-refractivity contribution in [2.45, 2.75) is 0 Å². The molecular weight excluding hydrogens is 735 g/mol. The van der Waals surface area contributed by atoms with E-state index in [0.29, 0.717) is 40.5 Å². The first kappa shape index (κ1) is 35.9. The standard InChI is InChI=1S/C53H33N7/c54-34-35-27-29-37(30-28-35)47-33-41(51-56-48(38-16-4-1-5-17-38)55-49(57-51)39-18-6-2-7-19-39)31-32-44(47)43-24-12-13-25-46(43)53-59-50(40-20-8-3-9-21-40)58-52(60-53)45-26-14-22-36-15-10-11-23-42(36)45/h1-33H. The van der Waals surface area contributed by atoms with Crippen LogP contribution in [0.15, 0.2) is 200 Å². The normalized spacial score (nSPS) is 11.0. The first-order chi connectivity index (χ1) is 29.7. The Bertz CT molecular complexity index is 3140. The number of aromatic nitrogens is 6. The van der Waals surface area contributed by atoms with E-state index in [4.69, 9.17) is 29.9 Å². The Labute approximate surface area is 347 Å². The predicted molar refractivity (Wildman–Crippen MR) is 239 cm³/mol. The van der Waals surface area contributed by atoms with Crippen molar-refractivity contribution in [1.82, 2.24) is 29.9 Å². The number of fused-ring (bicyclic) bond motifs is 1. The van der Waals surface area contributed by atoms with Crippen LogP contribution in [0.25, 0.3) is 101 Å². The molecule has 0 aliphatic heterocycles. The van der Waals surface area contributed by atoms with Gasteiger partial charge in [-0.05, 0) is 51.2 Å². The van der Waals surface area contributed by atoms with E-state index in [1.54, 1.807) is 0 Å². The average Bonchev–Trinajstić information content (AvgIpc) is 3.34. The summed E-state index contributed by atoms with van der Waals surface area (Å²) in [5, 5.41) is 11.9. The van der Waals surface area contributed by atoms with Crippen LogP contribution in [0.1, 0.15) is 5.56 Å². The number of benzene rings is 8. The molecule has 0 amide bonds. The van der Waals surface area contributed by atoms with Gasteiger partial charge in [0, 0.05) is 33.4 Å². The fourth-order valence-corrected chi connectivity index (χ4v) is 7.49. The van der Waals surface area contributed by atoms with Crippen molar-refractivity contribution in [3.05, 3.63) is 206 Å². The minimum Gasteiger partial charge on any atom is -0.208 e. The molecule has 7 heteroatoms. The van der Waals surface area contributed by atoms with E-state index in [1.165, 1.54) is 0 Å². The van der Waals surface area contributed by atoms with E-state index in [1.807, 2.05) is 146 Å². The fourth-order valence-electron chi connectivity index (χ4n) is 7.49. The zero-order valence-corrected chi connectivity index (χ0v) is 32.2. The van der Waals surface area contributed by atoms with Gasteiger partial charge in [-0.2, -0.15) is 5.26 Å². The summed E-state index contributed by atoms with van der Waals surface area (Å²) in [6.07, 6.45) is 0. The zero-order valence-electron chi connectivity index (χ0n) is 32.2. The fraction of sp³-hybridized carbons (Fsp3) is 0. The highest BCUT2D eigenvalue weighted by Gasteiger charge is 2.20. The molecule has 0 atom stereocenters. The lowest BCUT2D eigenvalue weighted by atomic mass is 9.89. The highest BCUT2D eigenvalue weighted by Crippen LogP contribution is 2.40. The smallest absolute Gasteiger partial charge is 0.164 e. The summed E-state index contributed by atoms with van der Waals surface area (Å²) in [5.74, 6) is 3.43. The molecule has 60 heavy (non-hydrogen) atoms. The van der Waals surface area contributed by atoms with Crippen molar-refractivity contribution in [1.29, 1.82) is 5.26 Å². The molecule has 0 saturated carbocycles. The largest absolute Gasteiger partial charge is 0.208 e. The SMILES string of the molecule is N#Cc1ccc(-c2cc(-c3nc(-c4ccccc4)nc(-c4ccccc4)n3)ccc2-c2ccccc2-c2nc(-c3ccccc3)nc(-c3cccc4ccccc34)n2)cc1. The van der Waals surface area contributed by atoms with Gasteiger partial charge < -0.3 is 0 Å². The van der Waals surface area contributed by atoms with Crippen LogP contribution in [0.2, 0.25) is 0 Å². The van der Waals surface area contributed by atoms with Crippen molar-refractivity contribution in [2.75, 3.05) is 0 Å². The van der Waals surface area contributed by atoms with Gasteiger partial charge in [-0.1, -0.05) is 182 Å². The Morgan fingerprint density at radius 3 is 1.30 bits per heavy atom. The highest BCUT2D eigenvalue weighted by molar-refractivity contribution is 5.96. The summed E-state index contributed by atoms with van der Waals surface area (Å²) < 4.78 is 0. The number of nitrogens with zero attached hydrogens (tertiary/aromatic N) is 7. The first-order valence-electron chi connectivity index (χ1n) is 19.6. The number of hydrogen-bond donors (Lipinski definition) is 0. The zero-order chi connectivity index (χ0) is 40.3. The maximum Gasteiger partial charge on any atom is 0.164 e. The highest BCUT2D eigenvalue weighted by atomic mass is 15.0. The van der Waals surface area contributed by atoms with Crippen molar-refractivity contribution >= 4 is 10.8 Å². The van der Waals surface area contributed by atoms with Gasteiger partial charge in [0.1, 0.15) is 0 Å². The van der Waals surface area contributed by atoms with Gasteiger partial charge in [0.05, 0.1) is 11.6 Å². The van der Waals surface area contributed by atoms with Crippen LogP contribution in [0.5, 0.6) is 0 Å². The van der Waals surface area contributed by atoms with Gasteiger partial charge in [0.15, 0.2) is 34.9 Å². The van der Waals surface area contributed by atoms with E-state index >= 15 is 0 Å². The van der Waals surface area contributed by atoms with Crippen molar-refractivity contribution in [3.63, 3.8) is 0 Å². The van der Waals surface area contributed by atoms with Gasteiger partial charge in [-0.15, -0.1) is 0 Å². The molecule has 0 radical (unpaired) electrons. The molecule has 0 bridgehead atoms. The Kier molecular flexibility index (Phi) is 9.47. The van der Waals surface area contributed by atoms with Crippen molar-refractivity contribution in [2.24, 2.45) is 0 Å². The minimum absolute atomic E-state index is 0.544. The second-order valence-corrected chi connectivity index (χ2v) is 14.2. The lowest BCUT2D eigenvalue weighted by Crippen LogP contribution is -2.02. The first-order valence-corrected chi connectivity index (χ1v) is 19.6. The summed E-state index contributed by atoms with van der Waals surface area (Å²) in [5.41, 5.74) is 9.59. The molecule has 0 aliphatic rings. The van der Waals surface area contributed by atoms with Gasteiger partial charge in [0.25, 0.3) is 0 Å². The molecule has 7 nitrogen and oxygen atoms in total. The lowest BCUT2D eigenvalue weighted by Gasteiger charge is -2.17. The Morgan fingerprint density at radius 2 is 0.700 bits per heavy atom. The average molecular weight is 768 g/mol. The van der Waals surface area contributed by atoms with Gasteiger partial charge in [-0.25, -0.2) is 29.9 Å². The quantitative estimate of drug-likeness (QED) is 0.152. The van der Waals surface area contributed by atoms with Crippen LogP contribution in [0, 0.1) is 11.3 Å². The molecular formula is C53H33N7. The van der Waals surface area contributed by atoms with Gasteiger partial charge in [0.2, 0.25) is 0 Å². The Morgan fingerprint density at radius 1 is 0.283 bits per heavy atom. The third kappa shape index (κ3) is 7.06. The van der Waals surface area contributed by atoms with Gasteiger partial charge in [-0.3, -0.25) is 0 Å². The monoisotopic (exact) mass is 767 g/mol. The molecule has 0 N–H and O–H groups in total. The van der Waals surface area contributed by atoms with E-state index in [9.17, 15) is 5.26 Å². The van der Waals surface area contributed by atoms with E-state index in [-0.39, 0.29) is 0 Å². The minimum atomic E-state index is 0.544. The van der Waals surface area contributed by atoms with Gasteiger partial charge >= 0.3 is 0 Å². The predicted octanol–water partition coefficient (Wildman–Crippen LogP) is 12.4. The van der Waals surface area contributed by atoms with Crippen molar-refractivity contribution in [3.8, 4) is 96.7 Å². The second kappa shape index (κ2) is 15.8. The lowest BCUT2D eigenvalue weighted by molar-refractivity contribution is 1.07. The summed E-state index contributed by atoms with van der Waals surface area (Å²) in [6, 6.07) is 68.8. The summed E-state index contributed by atoms with van der Waals surface area (Å²) in [7, 11) is 0. The van der Waals surface area contributed by atoms with Crippen LogP contribution < -0.4 is 0 Å². The summed E-state index contributed by atoms with van der Waals surface area (Å²) in [4.78, 5) is 30.4. The Hall–Kier alpha value is -8.47.